The number of ether oxygens (including phenoxy) is 1. The van der Waals surface area contributed by atoms with Gasteiger partial charge in [-0.2, -0.15) is 13.2 Å². The topological polar surface area (TPSA) is 54.8 Å². The number of pyridine rings is 1. The van der Waals surface area contributed by atoms with Gasteiger partial charge in [-0.15, -0.1) is 24.9 Å². The molecular formula is C26H21F6N3O3S. The Bertz CT molecular complexity index is 1500. The van der Waals surface area contributed by atoms with E-state index in [2.05, 4.69) is 4.74 Å². The van der Waals surface area contributed by atoms with Crippen LogP contribution in [0.5, 0.6) is 5.75 Å². The van der Waals surface area contributed by atoms with Crippen LogP contribution < -0.4 is 15.2 Å². The molecule has 1 amide bonds. The summed E-state index contributed by atoms with van der Waals surface area (Å²) in [5.41, 5.74) is 0.951. The van der Waals surface area contributed by atoms with Gasteiger partial charge in [0.1, 0.15) is 24.2 Å². The first kappa shape index (κ1) is 27.0. The number of thioether (sulfide) groups is 1. The fourth-order valence-electron chi connectivity index (χ4n) is 4.86. The van der Waals surface area contributed by atoms with Crippen LogP contribution in [0.4, 0.5) is 26.3 Å². The van der Waals surface area contributed by atoms with Crippen molar-refractivity contribution >= 4 is 17.7 Å². The number of benzene rings is 2. The van der Waals surface area contributed by atoms with Gasteiger partial charge in [0.15, 0.2) is 5.43 Å². The van der Waals surface area contributed by atoms with Gasteiger partial charge < -0.3 is 9.64 Å². The van der Waals surface area contributed by atoms with Crippen LogP contribution in [0.2, 0.25) is 0 Å². The normalized spacial score (nSPS) is 18.2. The highest BCUT2D eigenvalue weighted by Gasteiger charge is 2.47. The summed E-state index contributed by atoms with van der Waals surface area (Å²) in [6.07, 6.45) is -8.32. The number of nitrogens with zero attached hydrogens (tertiary/aromatic N) is 3. The molecule has 5 rings (SSSR count). The van der Waals surface area contributed by atoms with E-state index in [0.717, 1.165) is 17.9 Å². The lowest BCUT2D eigenvalue weighted by Gasteiger charge is -2.46. The first-order valence-corrected chi connectivity index (χ1v) is 12.7. The van der Waals surface area contributed by atoms with Crippen molar-refractivity contribution in [2.75, 3.05) is 11.7 Å². The van der Waals surface area contributed by atoms with Gasteiger partial charge >= 0.3 is 12.5 Å². The molecule has 1 aromatic heterocycles. The number of hydrogen-bond acceptors (Lipinski definition) is 5. The number of alkyl halides is 6. The van der Waals surface area contributed by atoms with Crippen LogP contribution in [0.25, 0.3) is 0 Å². The van der Waals surface area contributed by atoms with Crippen LogP contribution in [0.15, 0.2) is 64.4 Å². The Kier molecular flexibility index (Phi) is 6.60. The number of amides is 1. The third kappa shape index (κ3) is 4.95. The molecule has 0 aliphatic carbocycles. The van der Waals surface area contributed by atoms with Gasteiger partial charge in [-0.05, 0) is 48.7 Å². The zero-order valence-electron chi connectivity index (χ0n) is 20.5. The molecule has 2 aromatic carbocycles. The number of aromatic nitrogens is 1. The molecular weight excluding hydrogens is 548 g/mol. The van der Waals surface area contributed by atoms with Crippen molar-refractivity contribution in [3.63, 3.8) is 0 Å². The van der Waals surface area contributed by atoms with Gasteiger partial charge in [0, 0.05) is 28.5 Å². The number of carbonyl (C=O) groups excluding carboxylic acids is 1. The highest BCUT2D eigenvalue weighted by Crippen LogP contribution is 2.44. The van der Waals surface area contributed by atoms with Gasteiger partial charge in [0.05, 0.1) is 6.04 Å². The Morgan fingerprint density at radius 3 is 2.41 bits per heavy atom. The summed E-state index contributed by atoms with van der Waals surface area (Å²) >= 11 is 1.36. The predicted molar refractivity (Wildman–Crippen MR) is 131 cm³/mol. The molecule has 0 saturated carbocycles. The zero-order valence-corrected chi connectivity index (χ0v) is 21.3. The first-order valence-electron chi connectivity index (χ1n) is 11.7. The van der Waals surface area contributed by atoms with E-state index in [9.17, 15) is 35.9 Å². The lowest BCUT2D eigenvalue weighted by Crippen LogP contribution is -2.60. The molecule has 6 nitrogen and oxygen atoms in total. The molecule has 3 heterocycles. The van der Waals surface area contributed by atoms with Crippen molar-refractivity contribution in [1.82, 2.24) is 9.58 Å². The van der Waals surface area contributed by atoms with Gasteiger partial charge in [-0.25, -0.2) is 0 Å². The molecule has 0 bridgehead atoms. The van der Waals surface area contributed by atoms with Gasteiger partial charge in [0.25, 0.3) is 5.91 Å². The maximum Gasteiger partial charge on any atom is 0.573 e. The quantitative estimate of drug-likeness (QED) is 0.376. The van der Waals surface area contributed by atoms with Crippen molar-refractivity contribution in [1.29, 1.82) is 0 Å². The Labute approximate surface area is 222 Å². The third-order valence-electron chi connectivity index (χ3n) is 6.84. The second-order valence-electron chi connectivity index (χ2n) is 9.21. The van der Waals surface area contributed by atoms with Crippen LogP contribution in [-0.2, 0) is 5.75 Å². The monoisotopic (exact) mass is 569 g/mol. The van der Waals surface area contributed by atoms with E-state index >= 15 is 0 Å². The van der Waals surface area contributed by atoms with Crippen LogP contribution >= 0.6 is 11.8 Å². The zero-order chi connectivity index (χ0) is 28.3. The summed E-state index contributed by atoms with van der Waals surface area (Å²) in [6.45, 7) is 1.74. The number of halogens is 6. The Morgan fingerprint density at radius 1 is 1.00 bits per heavy atom. The largest absolute Gasteiger partial charge is 0.573 e. The summed E-state index contributed by atoms with van der Waals surface area (Å²) in [5, 5.41) is 1.53. The van der Waals surface area contributed by atoms with Crippen LogP contribution in [0, 0.1) is 6.92 Å². The van der Waals surface area contributed by atoms with Gasteiger partial charge in [0.2, 0.25) is 0 Å². The molecule has 2 aliphatic heterocycles. The smallest absolute Gasteiger partial charge is 0.406 e. The predicted octanol–water partition coefficient (Wildman–Crippen LogP) is 5.75. The average molecular weight is 570 g/mol. The number of hydrogen-bond donors (Lipinski definition) is 0. The molecule has 0 saturated heterocycles. The highest BCUT2D eigenvalue weighted by atomic mass is 32.2. The summed E-state index contributed by atoms with van der Waals surface area (Å²) < 4.78 is 85.9. The molecule has 0 radical (unpaired) electrons. The van der Waals surface area contributed by atoms with E-state index in [-0.39, 0.29) is 17.0 Å². The van der Waals surface area contributed by atoms with Crippen molar-refractivity contribution in [2.24, 2.45) is 0 Å². The molecule has 13 heteroatoms. The minimum absolute atomic E-state index is 0.0167. The van der Waals surface area contributed by atoms with Crippen molar-refractivity contribution in [2.45, 2.75) is 49.1 Å². The van der Waals surface area contributed by atoms with E-state index in [0.29, 0.717) is 21.6 Å². The standard InChI is InChI=1S/C26H21F6N3O3S/c1-14-20(36)9-10-34-22(14)24(37)33(15(2)25(27,28)29)13-35(34)23-18-8-7-17(38-26(30,31)32)11-16(18)12-39-21-6-4-3-5-19(21)23/h3-11,15,23H,12-13H2,1-2H3/t15-,23+/m1/s1. The minimum Gasteiger partial charge on any atom is -0.406 e. The van der Waals surface area contributed by atoms with E-state index < -0.39 is 48.4 Å². The number of carbonyl (C=O) groups is 1. The fraction of sp³-hybridized carbons (Fsp3) is 0.308. The Hall–Kier alpha value is -3.61. The molecule has 206 valence electrons. The van der Waals surface area contributed by atoms with Crippen molar-refractivity contribution < 1.29 is 35.9 Å². The molecule has 0 fully saturated rings. The molecule has 2 atom stereocenters. The van der Waals surface area contributed by atoms with Gasteiger partial charge in [-0.1, -0.05) is 24.3 Å². The Morgan fingerprint density at radius 2 is 1.72 bits per heavy atom. The molecule has 0 unspecified atom stereocenters. The summed E-state index contributed by atoms with van der Waals surface area (Å²) in [6, 6.07) is 9.23. The molecule has 3 aromatic rings. The third-order valence-corrected chi connectivity index (χ3v) is 7.98. The SMILES string of the molecule is Cc1c2n(ccc1=O)N([C@H]1c3ccc(OC(F)(F)F)cc3CSc3ccccc31)CN([C@H](C)C(F)(F)F)C2=O. The lowest BCUT2D eigenvalue weighted by atomic mass is 9.94. The van der Waals surface area contributed by atoms with Crippen molar-refractivity contribution in [3.8, 4) is 5.75 Å². The van der Waals surface area contributed by atoms with Gasteiger partial charge in [-0.3, -0.25) is 19.3 Å². The van der Waals surface area contributed by atoms with E-state index in [1.54, 1.807) is 18.2 Å². The summed E-state index contributed by atoms with van der Waals surface area (Å²) in [5.74, 6) is -1.10. The summed E-state index contributed by atoms with van der Waals surface area (Å²) in [7, 11) is 0. The van der Waals surface area contributed by atoms with Crippen LogP contribution in [-0.4, -0.2) is 40.7 Å². The Balaban J connectivity index is 1.74. The second-order valence-corrected chi connectivity index (χ2v) is 10.2. The molecule has 0 N–H and O–H groups in total. The van der Waals surface area contributed by atoms with Crippen molar-refractivity contribution in [3.05, 3.63) is 92.9 Å². The second kappa shape index (κ2) is 9.54. The van der Waals surface area contributed by atoms with E-state index in [4.69, 9.17) is 0 Å². The maximum absolute atomic E-state index is 13.9. The fourth-order valence-corrected chi connectivity index (χ4v) is 5.94. The molecule has 2 aliphatic rings. The lowest BCUT2D eigenvalue weighted by molar-refractivity contribution is -0.274. The molecule has 39 heavy (non-hydrogen) atoms. The van der Waals surface area contributed by atoms with E-state index in [1.165, 1.54) is 52.8 Å². The van der Waals surface area contributed by atoms with Crippen LogP contribution in [0.1, 0.15) is 45.7 Å². The minimum atomic E-state index is -4.90. The summed E-state index contributed by atoms with van der Waals surface area (Å²) in [4.78, 5) is 27.2. The first-order chi connectivity index (χ1) is 18.3. The van der Waals surface area contributed by atoms with E-state index in [1.807, 2.05) is 6.07 Å². The highest BCUT2D eigenvalue weighted by molar-refractivity contribution is 7.98. The number of rotatable bonds is 3. The molecule has 0 spiro atoms. The van der Waals surface area contributed by atoms with Crippen LogP contribution in [0.3, 0.4) is 0 Å². The number of fused-ring (bicyclic) bond motifs is 3. The maximum atomic E-state index is 13.9. The average Bonchev–Trinajstić information content (AvgIpc) is 3.01.